The summed E-state index contributed by atoms with van der Waals surface area (Å²) >= 11 is 1.72. The molecule has 1 amide bonds. The quantitative estimate of drug-likeness (QED) is 0.806. The minimum absolute atomic E-state index is 0.136. The maximum atomic E-state index is 12.1. The van der Waals surface area contributed by atoms with Crippen LogP contribution in [-0.2, 0) is 6.54 Å². The summed E-state index contributed by atoms with van der Waals surface area (Å²) in [6.45, 7) is 4.63. The van der Waals surface area contributed by atoms with Gasteiger partial charge in [0.2, 0.25) is 0 Å². The van der Waals surface area contributed by atoms with Crippen molar-refractivity contribution in [3.05, 3.63) is 11.9 Å². The van der Waals surface area contributed by atoms with Crippen molar-refractivity contribution >= 4 is 23.4 Å². The van der Waals surface area contributed by atoms with Crippen molar-refractivity contribution in [1.82, 2.24) is 15.1 Å². The number of thioether (sulfide) groups is 1. The Morgan fingerprint density at radius 3 is 2.88 bits per heavy atom. The molecular formula is C11H20N4OS. The molecular weight excluding hydrogens is 236 g/mol. The van der Waals surface area contributed by atoms with Crippen molar-refractivity contribution in [2.75, 3.05) is 17.7 Å². The third-order valence-electron chi connectivity index (χ3n) is 2.58. The van der Waals surface area contributed by atoms with E-state index in [0.717, 1.165) is 12.2 Å². The van der Waals surface area contributed by atoms with Crippen LogP contribution in [0, 0.1) is 0 Å². The van der Waals surface area contributed by atoms with Crippen LogP contribution in [0.5, 0.6) is 0 Å². The van der Waals surface area contributed by atoms with Crippen LogP contribution in [-0.4, -0.2) is 33.7 Å². The number of nitrogens with zero attached hydrogens (tertiary/aromatic N) is 2. The number of aryl methyl sites for hydroxylation is 1. The largest absolute Gasteiger partial charge is 0.396 e. The van der Waals surface area contributed by atoms with Crippen LogP contribution in [0.4, 0.5) is 5.69 Å². The van der Waals surface area contributed by atoms with Gasteiger partial charge >= 0.3 is 0 Å². The molecule has 0 spiro atoms. The summed E-state index contributed by atoms with van der Waals surface area (Å²) in [5, 5.41) is 7.04. The number of rotatable bonds is 6. The molecule has 96 valence electrons. The van der Waals surface area contributed by atoms with Crippen molar-refractivity contribution in [2.24, 2.45) is 0 Å². The molecule has 0 bridgehead atoms. The molecule has 6 heteroatoms. The Labute approximate surface area is 106 Å². The Kier molecular flexibility index (Phi) is 5.34. The van der Waals surface area contributed by atoms with Gasteiger partial charge in [-0.3, -0.25) is 9.48 Å². The molecule has 1 aromatic rings. The molecule has 1 heterocycles. The molecule has 17 heavy (non-hydrogen) atoms. The van der Waals surface area contributed by atoms with Crippen LogP contribution in [0.2, 0.25) is 0 Å². The van der Waals surface area contributed by atoms with Crippen LogP contribution in [0.3, 0.4) is 0 Å². The topological polar surface area (TPSA) is 72.9 Å². The minimum atomic E-state index is -0.136. The maximum Gasteiger partial charge on any atom is 0.271 e. The summed E-state index contributed by atoms with van der Waals surface area (Å²) in [5.41, 5.74) is 6.66. The lowest BCUT2D eigenvalue weighted by molar-refractivity contribution is 0.0930. The van der Waals surface area contributed by atoms with Crippen LogP contribution >= 0.6 is 11.8 Å². The number of nitrogen functional groups attached to an aromatic ring is 1. The molecule has 5 nitrogen and oxygen atoms in total. The fourth-order valence-corrected chi connectivity index (χ4v) is 2.33. The first-order valence-electron chi connectivity index (χ1n) is 5.75. The highest BCUT2D eigenvalue weighted by molar-refractivity contribution is 7.98. The SMILES string of the molecule is CCC(CSC)NC(=O)c1c(N)cnn1CC. The van der Waals surface area contributed by atoms with Crippen molar-refractivity contribution in [1.29, 1.82) is 0 Å². The second kappa shape index (κ2) is 6.54. The molecule has 1 atom stereocenters. The van der Waals surface area contributed by atoms with Crippen molar-refractivity contribution < 1.29 is 4.79 Å². The number of nitrogens with one attached hydrogen (secondary N) is 1. The lowest BCUT2D eigenvalue weighted by atomic mass is 10.2. The Bertz CT molecular complexity index is 378. The fraction of sp³-hybridized carbons (Fsp3) is 0.636. The Balaban J connectivity index is 2.78. The van der Waals surface area contributed by atoms with Gasteiger partial charge < -0.3 is 11.1 Å². The van der Waals surface area contributed by atoms with E-state index >= 15 is 0 Å². The number of carbonyl (C=O) groups is 1. The average Bonchev–Trinajstić information content (AvgIpc) is 2.69. The molecule has 1 rings (SSSR count). The van der Waals surface area contributed by atoms with Crippen LogP contribution < -0.4 is 11.1 Å². The molecule has 0 aliphatic carbocycles. The first-order valence-corrected chi connectivity index (χ1v) is 7.14. The lowest BCUT2D eigenvalue weighted by Crippen LogP contribution is -2.37. The van der Waals surface area contributed by atoms with Crippen molar-refractivity contribution in [2.45, 2.75) is 32.9 Å². The lowest BCUT2D eigenvalue weighted by Gasteiger charge is -2.16. The Morgan fingerprint density at radius 2 is 2.35 bits per heavy atom. The van der Waals surface area contributed by atoms with E-state index in [1.165, 1.54) is 6.20 Å². The predicted octanol–water partition coefficient (Wildman–Crippen LogP) is 1.36. The van der Waals surface area contributed by atoms with Gasteiger partial charge in [0.1, 0.15) is 5.69 Å². The van der Waals surface area contributed by atoms with Crippen LogP contribution in [0.25, 0.3) is 0 Å². The summed E-state index contributed by atoms with van der Waals surface area (Å²) < 4.78 is 1.62. The second-order valence-corrected chi connectivity index (χ2v) is 4.71. The fourth-order valence-electron chi connectivity index (χ4n) is 1.60. The summed E-state index contributed by atoms with van der Waals surface area (Å²) in [6, 6.07) is 0.178. The van der Waals surface area contributed by atoms with Gasteiger partial charge in [0.25, 0.3) is 5.91 Å². The van der Waals surface area contributed by atoms with E-state index in [1.54, 1.807) is 16.4 Å². The van der Waals surface area contributed by atoms with Gasteiger partial charge in [0.15, 0.2) is 0 Å². The van der Waals surface area contributed by atoms with E-state index < -0.39 is 0 Å². The zero-order valence-electron chi connectivity index (χ0n) is 10.6. The van der Waals surface area contributed by atoms with Crippen molar-refractivity contribution in [3.63, 3.8) is 0 Å². The number of nitrogens with two attached hydrogens (primary N) is 1. The van der Waals surface area contributed by atoms with E-state index in [0.29, 0.717) is 17.9 Å². The molecule has 1 aromatic heterocycles. The van der Waals surface area contributed by atoms with Gasteiger partial charge in [0.05, 0.1) is 11.9 Å². The number of amides is 1. The van der Waals surface area contributed by atoms with E-state index in [4.69, 9.17) is 5.73 Å². The molecule has 0 fully saturated rings. The molecule has 0 aliphatic rings. The molecule has 1 unspecified atom stereocenters. The first kappa shape index (κ1) is 13.9. The third-order valence-corrected chi connectivity index (χ3v) is 3.31. The standard InChI is InChI=1S/C11H20N4OS/c1-4-8(7-17-3)14-11(16)10-9(12)6-13-15(10)5-2/h6,8H,4-5,7,12H2,1-3H3,(H,14,16). The Morgan fingerprint density at radius 1 is 1.65 bits per heavy atom. The van der Waals surface area contributed by atoms with Crippen molar-refractivity contribution in [3.8, 4) is 0 Å². The Hall–Kier alpha value is -1.17. The van der Waals surface area contributed by atoms with Gasteiger partial charge in [-0.15, -0.1) is 0 Å². The summed E-state index contributed by atoms with van der Waals surface area (Å²) in [4.78, 5) is 12.1. The molecule has 0 aliphatic heterocycles. The molecule has 0 radical (unpaired) electrons. The van der Waals surface area contributed by atoms with Gasteiger partial charge in [-0.1, -0.05) is 6.92 Å². The number of carbonyl (C=O) groups excluding carboxylic acids is 1. The van der Waals surface area contributed by atoms with Crippen LogP contribution in [0.15, 0.2) is 6.20 Å². The van der Waals surface area contributed by atoms with E-state index in [9.17, 15) is 4.79 Å². The minimum Gasteiger partial charge on any atom is -0.396 e. The van der Waals surface area contributed by atoms with Crippen LogP contribution in [0.1, 0.15) is 30.8 Å². The highest BCUT2D eigenvalue weighted by Gasteiger charge is 2.18. The number of anilines is 1. The number of hydrogen-bond donors (Lipinski definition) is 2. The highest BCUT2D eigenvalue weighted by atomic mass is 32.2. The first-order chi connectivity index (χ1) is 8.13. The van der Waals surface area contributed by atoms with E-state index in [2.05, 4.69) is 17.3 Å². The second-order valence-electron chi connectivity index (χ2n) is 3.80. The summed E-state index contributed by atoms with van der Waals surface area (Å²) in [6.07, 6.45) is 4.46. The van der Waals surface area contributed by atoms with Gasteiger partial charge in [-0.2, -0.15) is 16.9 Å². The van der Waals surface area contributed by atoms with Gasteiger partial charge in [0, 0.05) is 18.3 Å². The third kappa shape index (κ3) is 3.39. The van der Waals surface area contributed by atoms with E-state index in [-0.39, 0.29) is 11.9 Å². The number of hydrogen-bond acceptors (Lipinski definition) is 4. The monoisotopic (exact) mass is 256 g/mol. The smallest absolute Gasteiger partial charge is 0.271 e. The summed E-state index contributed by atoms with van der Waals surface area (Å²) in [7, 11) is 0. The van der Waals surface area contributed by atoms with Gasteiger partial charge in [-0.25, -0.2) is 0 Å². The molecule has 0 saturated carbocycles. The number of aromatic nitrogens is 2. The maximum absolute atomic E-state index is 12.1. The predicted molar refractivity (Wildman–Crippen MR) is 72.2 cm³/mol. The molecule has 3 N–H and O–H groups in total. The van der Waals surface area contributed by atoms with Gasteiger partial charge in [-0.05, 0) is 19.6 Å². The highest BCUT2D eigenvalue weighted by Crippen LogP contribution is 2.11. The normalized spacial score (nSPS) is 12.4. The zero-order valence-corrected chi connectivity index (χ0v) is 11.4. The zero-order chi connectivity index (χ0) is 12.8. The molecule has 0 aromatic carbocycles. The molecule has 0 saturated heterocycles. The summed E-state index contributed by atoms with van der Waals surface area (Å²) in [5.74, 6) is 0.769. The average molecular weight is 256 g/mol. The van der Waals surface area contributed by atoms with E-state index in [1.807, 2.05) is 13.2 Å².